The van der Waals surface area contributed by atoms with Crippen LogP contribution in [0.3, 0.4) is 0 Å². The zero-order valence-electron chi connectivity index (χ0n) is 12.2. The first-order chi connectivity index (χ1) is 11.5. The van der Waals surface area contributed by atoms with Crippen LogP contribution in [-0.2, 0) is 20.7 Å². The van der Waals surface area contributed by atoms with Crippen molar-refractivity contribution in [2.75, 3.05) is 11.9 Å². The molecule has 6 nitrogen and oxygen atoms in total. The minimum Gasteiger partial charge on any atom is -0.455 e. The Hall–Kier alpha value is -2.81. The Bertz CT molecular complexity index is 878. The van der Waals surface area contributed by atoms with E-state index in [1.54, 1.807) is 10.6 Å². The number of aromatic nitrogens is 2. The number of anilines is 1. The number of carbonyl (C=O) groups excluding carboxylic acids is 2. The molecule has 24 heavy (non-hydrogen) atoms. The van der Waals surface area contributed by atoms with E-state index in [2.05, 4.69) is 10.3 Å². The van der Waals surface area contributed by atoms with Crippen molar-refractivity contribution in [1.82, 2.24) is 9.38 Å². The van der Waals surface area contributed by atoms with Gasteiger partial charge in [-0.15, -0.1) is 11.3 Å². The van der Waals surface area contributed by atoms with E-state index in [0.29, 0.717) is 5.69 Å². The quantitative estimate of drug-likeness (QED) is 0.717. The molecule has 3 rings (SSSR count). The van der Waals surface area contributed by atoms with Gasteiger partial charge in [0, 0.05) is 29.5 Å². The van der Waals surface area contributed by atoms with Crippen LogP contribution in [0, 0.1) is 11.6 Å². The first-order valence-corrected chi connectivity index (χ1v) is 7.71. The average Bonchev–Trinajstić information content (AvgIpc) is 3.10. The van der Waals surface area contributed by atoms with Crippen molar-refractivity contribution in [3.63, 3.8) is 0 Å². The van der Waals surface area contributed by atoms with Crippen LogP contribution in [0.4, 0.5) is 14.5 Å². The van der Waals surface area contributed by atoms with E-state index < -0.39 is 30.1 Å². The molecule has 0 atom stereocenters. The minimum absolute atomic E-state index is 0.0626. The van der Waals surface area contributed by atoms with Crippen LogP contribution in [0.25, 0.3) is 4.96 Å². The average molecular weight is 351 g/mol. The highest BCUT2D eigenvalue weighted by Crippen LogP contribution is 2.13. The number of carbonyl (C=O) groups is 2. The van der Waals surface area contributed by atoms with Crippen LogP contribution >= 0.6 is 11.3 Å². The van der Waals surface area contributed by atoms with Gasteiger partial charge in [0.15, 0.2) is 23.2 Å². The SMILES string of the molecule is O=C(COC(=O)Cc1cn2ccsc2n1)Nc1ccc(F)c(F)c1. The highest BCUT2D eigenvalue weighted by molar-refractivity contribution is 7.15. The second kappa shape index (κ2) is 6.75. The monoisotopic (exact) mass is 351 g/mol. The predicted octanol–water partition coefficient (Wildman–Crippen LogP) is 2.40. The topological polar surface area (TPSA) is 72.7 Å². The number of fused-ring (bicyclic) bond motifs is 1. The lowest BCUT2D eigenvalue weighted by Crippen LogP contribution is -2.21. The van der Waals surface area contributed by atoms with Gasteiger partial charge in [-0.25, -0.2) is 13.8 Å². The molecule has 0 radical (unpaired) electrons. The number of esters is 1. The Balaban J connectivity index is 1.49. The fourth-order valence-corrected chi connectivity index (χ4v) is 2.70. The van der Waals surface area contributed by atoms with Gasteiger partial charge in [-0.2, -0.15) is 0 Å². The van der Waals surface area contributed by atoms with Crippen LogP contribution in [0.5, 0.6) is 0 Å². The first kappa shape index (κ1) is 16.1. The lowest BCUT2D eigenvalue weighted by atomic mass is 10.3. The largest absolute Gasteiger partial charge is 0.455 e. The number of rotatable bonds is 5. The van der Waals surface area contributed by atoms with Gasteiger partial charge in [0.2, 0.25) is 0 Å². The van der Waals surface area contributed by atoms with Crippen molar-refractivity contribution in [1.29, 1.82) is 0 Å². The van der Waals surface area contributed by atoms with Crippen molar-refractivity contribution in [2.45, 2.75) is 6.42 Å². The number of benzene rings is 1. The van der Waals surface area contributed by atoms with Crippen LogP contribution in [0.1, 0.15) is 5.69 Å². The van der Waals surface area contributed by atoms with Crippen molar-refractivity contribution < 1.29 is 23.1 Å². The number of halogens is 2. The summed E-state index contributed by atoms with van der Waals surface area (Å²) in [5.74, 6) is -3.36. The number of ether oxygens (including phenoxy) is 1. The molecule has 0 aliphatic heterocycles. The molecule has 0 saturated carbocycles. The maximum atomic E-state index is 13.0. The van der Waals surface area contributed by atoms with E-state index in [-0.39, 0.29) is 12.1 Å². The summed E-state index contributed by atoms with van der Waals surface area (Å²) in [7, 11) is 0. The van der Waals surface area contributed by atoms with E-state index in [4.69, 9.17) is 4.74 Å². The number of thiazole rings is 1. The van der Waals surface area contributed by atoms with E-state index in [1.165, 1.54) is 17.4 Å². The third-order valence-electron chi connectivity index (χ3n) is 3.04. The number of nitrogens with zero attached hydrogens (tertiary/aromatic N) is 2. The molecule has 0 bridgehead atoms. The second-order valence-electron chi connectivity index (χ2n) is 4.84. The summed E-state index contributed by atoms with van der Waals surface area (Å²) in [5.41, 5.74) is 0.608. The predicted molar refractivity (Wildman–Crippen MR) is 82.7 cm³/mol. The summed E-state index contributed by atoms with van der Waals surface area (Å²) in [4.78, 5) is 28.3. The van der Waals surface area contributed by atoms with Gasteiger partial charge >= 0.3 is 5.97 Å². The summed E-state index contributed by atoms with van der Waals surface area (Å²) in [5, 5.41) is 4.17. The maximum Gasteiger partial charge on any atom is 0.312 e. The molecule has 1 N–H and O–H groups in total. The summed E-state index contributed by atoms with van der Waals surface area (Å²) in [6.45, 7) is -0.528. The summed E-state index contributed by atoms with van der Waals surface area (Å²) >= 11 is 1.44. The van der Waals surface area contributed by atoms with Crippen LogP contribution < -0.4 is 5.32 Å². The number of imidazole rings is 1. The molecule has 2 heterocycles. The normalized spacial score (nSPS) is 10.8. The fraction of sp³-hybridized carbons (Fsp3) is 0.133. The van der Waals surface area contributed by atoms with Gasteiger partial charge in [0.1, 0.15) is 0 Å². The Kier molecular flexibility index (Phi) is 4.52. The van der Waals surface area contributed by atoms with E-state index in [0.717, 1.165) is 17.1 Å². The minimum atomic E-state index is -1.08. The van der Waals surface area contributed by atoms with Gasteiger partial charge in [0.05, 0.1) is 12.1 Å². The molecular weight excluding hydrogens is 340 g/mol. The zero-order valence-corrected chi connectivity index (χ0v) is 13.0. The number of nitrogens with one attached hydrogen (secondary N) is 1. The van der Waals surface area contributed by atoms with Crippen molar-refractivity contribution in [3.05, 3.63) is 53.3 Å². The number of hydrogen-bond donors (Lipinski definition) is 1. The highest BCUT2D eigenvalue weighted by Gasteiger charge is 2.12. The van der Waals surface area contributed by atoms with Gasteiger partial charge < -0.3 is 10.1 Å². The molecule has 2 aromatic heterocycles. The number of amides is 1. The zero-order chi connectivity index (χ0) is 17.1. The van der Waals surface area contributed by atoms with Crippen LogP contribution in [0.2, 0.25) is 0 Å². The van der Waals surface area contributed by atoms with Gasteiger partial charge in [-0.05, 0) is 12.1 Å². The molecule has 0 aliphatic rings. The summed E-state index contributed by atoms with van der Waals surface area (Å²) in [6, 6.07) is 2.93. The van der Waals surface area contributed by atoms with E-state index in [9.17, 15) is 18.4 Å². The Labute approximate surface area is 138 Å². The molecule has 9 heteroatoms. The van der Waals surface area contributed by atoms with Crippen molar-refractivity contribution >= 4 is 33.9 Å². The lowest BCUT2D eigenvalue weighted by Gasteiger charge is -2.06. The Morgan fingerprint density at radius 3 is 2.88 bits per heavy atom. The van der Waals surface area contributed by atoms with Crippen LogP contribution in [0.15, 0.2) is 36.0 Å². The molecule has 0 saturated heterocycles. The van der Waals surface area contributed by atoms with Crippen molar-refractivity contribution in [3.8, 4) is 0 Å². The Morgan fingerprint density at radius 1 is 1.29 bits per heavy atom. The molecule has 0 aliphatic carbocycles. The third-order valence-corrected chi connectivity index (χ3v) is 3.81. The van der Waals surface area contributed by atoms with Gasteiger partial charge in [-0.3, -0.25) is 14.0 Å². The van der Waals surface area contributed by atoms with Gasteiger partial charge in [0.25, 0.3) is 5.91 Å². The molecule has 1 amide bonds. The highest BCUT2D eigenvalue weighted by atomic mass is 32.1. The van der Waals surface area contributed by atoms with Crippen LogP contribution in [-0.4, -0.2) is 27.9 Å². The second-order valence-corrected chi connectivity index (χ2v) is 5.71. The summed E-state index contributed by atoms with van der Waals surface area (Å²) < 4.78 is 32.4. The molecule has 124 valence electrons. The molecule has 1 aromatic carbocycles. The molecule has 0 unspecified atom stereocenters. The number of hydrogen-bond acceptors (Lipinski definition) is 5. The molecular formula is C15H11F2N3O3S. The van der Waals surface area contributed by atoms with Crippen molar-refractivity contribution in [2.24, 2.45) is 0 Å². The third kappa shape index (κ3) is 3.74. The van der Waals surface area contributed by atoms with E-state index in [1.807, 2.05) is 11.6 Å². The van der Waals surface area contributed by atoms with E-state index >= 15 is 0 Å². The molecule has 0 spiro atoms. The standard InChI is InChI=1S/C15H11F2N3O3S/c16-11-2-1-9(5-12(11)17)18-13(21)8-23-14(22)6-10-7-20-3-4-24-15(20)19-10/h1-5,7H,6,8H2,(H,18,21). The first-order valence-electron chi connectivity index (χ1n) is 6.83. The molecule has 0 fully saturated rings. The molecule has 3 aromatic rings. The lowest BCUT2D eigenvalue weighted by molar-refractivity contribution is -0.146. The maximum absolute atomic E-state index is 13.0. The van der Waals surface area contributed by atoms with Gasteiger partial charge in [-0.1, -0.05) is 0 Å². The smallest absolute Gasteiger partial charge is 0.312 e. The summed E-state index contributed by atoms with van der Waals surface area (Å²) in [6.07, 6.45) is 3.46. The Morgan fingerprint density at radius 2 is 2.12 bits per heavy atom. The fourth-order valence-electron chi connectivity index (χ4n) is 1.98.